The van der Waals surface area contributed by atoms with Gasteiger partial charge in [0.25, 0.3) is 17.7 Å². The predicted molar refractivity (Wildman–Crippen MR) is 178 cm³/mol. The molecule has 45 heavy (non-hydrogen) atoms. The fourth-order valence-corrected chi connectivity index (χ4v) is 8.88. The Balaban J connectivity index is 1.02. The van der Waals surface area contributed by atoms with Gasteiger partial charge in [-0.05, 0) is 91.0 Å². The second kappa shape index (κ2) is 11.5. The lowest BCUT2D eigenvalue weighted by Gasteiger charge is -2.22. The minimum Gasteiger partial charge on any atom is -0.450 e. The first-order valence-corrected chi connectivity index (χ1v) is 17.0. The highest BCUT2D eigenvalue weighted by atomic mass is 32.2. The van der Waals surface area contributed by atoms with Crippen LogP contribution >= 0.6 is 34.9 Å². The molecule has 3 aliphatic rings. The second-order valence-electron chi connectivity index (χ2n) is 10.8. The number of fused-ring (bicyclic) bond motifs is 2. The molecule has 0 bridgehead atoms. The number of furan rings is 1. The van der Waals surface area contributed by atoms with E-state index in [0.717, 1.165) is 45.9 Å². The Kier molecular flexibility index (Phi) is 7.16. The van der Waals surface area contributed by atoms with Crippen LogP contribution in [-0.4, -0.2) is 38.8 Å². The summed E-state index contributed by atoms with van der Waals surface area (Å²) >= 11 is 4.23. The van der Waals surface area contributed by atoms with Crippen molar-refractivity contribution in [3.05, 3.63) is 107 Å². The van der Waals surface area contributed by atoms with Gasteiger partial charge in [-0.3, -0.25) is 19.3 Å². The van der Waals surface area contributed by atoms with E-state index in [-0.39, 0.29) is 23.8 Å². The van der Waals surface area contributed by atoms with E-state index in [0.29, 0.717) is 37.7 Å². The van der Waals surface area contributed by atoms with Crippen molar-refractivity contribution in [2.75, 3.05) is 4.90 Å². The summed E-state index contributed by atoms with van der Waals surface area (Å²) < 4.78 is 7.72. The zero-order valence-electron chi connectivity index (χ0n) is 23.7. The Morgan fingerprint density at radius 3 is 2.36 bits per heavy atom. The van der Waals surface area contributed by atoms with E-state index in [4.69, 9.17) is 14.4 Å². The van der Waals surface area contributed by atoms with Crippen LogP contribution in [-0.2, 0) is 4.79 Å². The molecular weight excluding hydrogens is 625 g/mol. The number of benzene rings is 3. The first-order chi connectivity index (χ1) is 22.0. The van der Waals surface area contributed by atoms with Gasteiger partial charge in [0.15, 0.2) is 14.6 Å². The molecule has 2 fully saturated rings. The standard InChI is InChI=1S/C34H24N4O4S3/c39-30-24-12-6-7-13-25(24)31(40)37(30)22-14-16-26-27(18-22)44-34(36-26)45-29-17-15-23(42-29)19-28-32(41)38(21-10-4-5-11-21)33(43-28)35-20-8-2-1-3-9-20/h1-3,6-9,12-19,21H,4-5,10-11H2/b28-19-,35-33?. The van der Waals surface area contributed by atoms with Crippen molar-refractivity contribution in [2.45, 2.75) is 41.2 Å². The van der Waals surface area contributed by atoms with Crippen LogP contribution in [0.1, 0.15) is 52.2 Å². The van der Waals surface area contributed by atoms with Gasteiger partial charge in [0, 0.05) is 12.1 Å². The third-order valence-corrected chi connectivity index (χ3v) is 11.0. The Bertz CT molecular complexity index is 2020. The summed E-state index contributed by atoms with van der Waals surface area (Å²) in [4.78, 5) is 52.7. The van der Waals surface area contributed by atoms with E-state index in [2.05, 4.69) is 0 Å². The molecule has 1 saturated heterocycles. The van der Waals surface area contributed by atoms with Crippen LogP contribution in [0.2, 0.25) is 0 Å². The third kappa shape index (κ3) is 5.20. The van der Waals surface area contributed by atoms with Crippen LogP contribution < -0.4 is 4.90 Å². The van der Waals surface area contributed by atoms with Crippen LogP contribution in [0, 0.1) is 0 Å². The monoisotopic (exact) mass is 648 g/mol. The number of amides is 3. The van der Waals surface area contributed by atoms with Gasteiger partial charge in [-0.2, -0.15) is 0 Å². The highest BCUT2D eigenvalue weighted by Crippen LogP contribution is 2.41. The Labute approximate surface area is 270 Å². The number of imide groups is 1. The molecule has 0 radical (unpaired) electrons. The quantitative estimate of drug-likeness (QED) is 0.135. The highest BCUT2D eigenvalue weighted by Gasteiger charge is 2.40. The lowest BCUT2D eigenvalue weighted by molar-refractivity contribution is -0.123. The summed E-state index contributed by atoms with van der Waals surface area (Å²) in [6.07, 6.45) is 5.99. The summed E-state index contributed by atoms with van der Waals surface area (Å²) in [6, 6.07) is 25.9. The van der Waals surface area contributed by atoms with Gasteiger partial charge >= 0.3 is 0 Å². The first kappa shape index (κ1) is 28.1. The lowest BCUT2D eigenvalue weighted by Crippen LogP contribution is -2.37. The van der Waals surface area contributed by atoms with Crippen LogP contribution in [0.25, 0.3) is 16.3 Å². The fraction of sp³-hybridized carbons (Fsp3) is 0.147. The Hall–Kier alpha value is -4.45. The van der Waals surface area contributed by atoms with E-state index in [1.807, 2.05) is 59.5 Å². The molecule has 0 unspecified atom stereocenters. The molecule has 1 saturated carbocycles. The van der Waals surface area contributed by atoms with E-state index in [9.17, 15) is 14.4 Å². The van der Waals surface area contributed by atoms with Crippen molar-refractivity contribution in [1.82, 2.24) is 9.88 Å². The van der Waals surface area contributed by atoms with Crippen LogP contribution in [0.4, 0.5) is 11.4 Å². The van der Waals surface area contributed by atoms with E-state index >= 15 is 0 Å². The molecule has 3 amide bonds. The smallest absolute Gasteiger partial charge is 0.267 e. The molecule has 11 heteroatoms. The molecule has 4 heterocycles. The maximum atomic E-state index is 13.6. The summed E-state index contributed by atoms with van der Waals surface area (Å²) in [7, 11) is 0. The molecule has 222 valence electrons. The van der Waals surface area contributed by atoms with Gasteiger partial charge < -0.3 is 4.42 Å². The van der Waals surface area contributed by atoms with Crippen molar-refractivity contribution in [3.8, 4) is 0 Å². The lowest BCUT2D eigenvalue weighted by atomic mass is 10.1. The Morgan fingerprint density at radius 2 is 1.60 bits per heavy atom. The third-order valence-electron chi connectivity index (χ3n) is 7.98. The molecule has 0 N–H and O–H groups in total. The number of hydrogen-bond donors (Lipinski definition) is 0. The molecule has 2 aliphatic heterocycles. The van der Waals surface area contributed by atoms with E-state index in [1.165, 1.54) is 39.8 Å². The molecule has 5 aromatic rings. The number of aromatic nitrogens is 1. The number of amidine groups is 1. The number of rotatable bonds is 6. The average Bonchev–Trinajstić information content (AvgIpc) is 3.88. The molecule has 2 aromatic heterocycles. The summed E-state index contributed by atoms with van der Waals surface area (Å²) in [5.74, 6) is -0.105. The number of thioether (sulfide) groups is 1. The first-order valence-electron chi connectivity index (χ1n) is 14.5. The van der Waals surface area contributed by atoms with Gasteiger partial charge in [-0.15, -0.1) is 11.3 Å². The van der Waals surface area contributed by atoms with Crippen molar-refractivity contribution < 1.29 is 18.8 Å². The van der Waals surface area contributed by atoms with E-state index < -0.39 is 0 Å². The maximum absolute atomic E-state index is 13.6. The summed E-state index contributed by atoms with van der Waals surface area (Å²) in [5, 5.41) is 1.35. The van der Waals surface area contributed by atoms with Crippen LogP contribution in [0.15, 0.2) is 109 Å². The molecule has 0 atom stereocenters. The number of nitrogens with zero attached hydrogens (tertiary/aromatic N) is 4. The van der Waals surface area contributed by atoms with Gasteiger partial charge in [0.1, 0.15) is 5.76 Å². The average molecular weight is 649 g/mol. The molecule has 8 nitrogen and oxygen atoms in total. The van der Waals surface area contributed by atoms with E-state index in [1.54, 1.807) is 36.4 Å². The normalized spacial score (nSPS) is 18.8. The topological polar surface area (TPSA) is 96.1 Å². The number of anilines is 1. The van der Waals surface area contributed by atoms with Crippen LogP contribution in [0.3, 0.4) is 0 Å². The zero-order valence-corrected chi connectivity index (χ0v) is 26.2. The Morgan fingerprint density at radius 1 is 0.867 bits per heavy atom. The highest BCUT2D eigenvalue weighted by molar-refractivity contribution is 8.18. The number of carbonyl (C=O) groups excluding carboxylic acids is 3. The minimum atomic E-state index is -0.324. The molecule has 8 rings (SSSR count). The predicted octanol–water partition coefficient (Wildman–Crippen LogP) is 8.39. The molecule has 3 aromatic carbocycles. The van der Waals surface area contributed by atoms with Crippen molar-refractivity contribution in [1.29, 1.82) is 0 Å². The number of hydrogen-bond acceptors (Lipinski definition) is 9. The number of carbonyl (C=O) groups is 3. The van der Waals surface area contributed by atoms with Gasteiger partial charge in [-0.1, -0.05) is 43.2 Å². The maximum Gasteiger partial charge on any atom is 0.267 e. The second-order valence-corrected chi connectivity index (χ2v) is 14.1. The van der Waals surface area contributed by atoms with Gasteiger partial charge in [0.2, 0.25) is 0 Å². The number of para-hydroxylation sites is 1. The number of thiazole rings is 1. The molecule has 0 spiro atoms. The molecule has 1 aliphatic carbocycles. The van der Waals surface area contributed by atoms with Crippen molar-refractivity contribution >= 4 is 85.4 Å². The largest absolute Gasteiger partial charge is 0.450 e. The number of aliphatic imine (C=N–C) groups is 1. The van der Waals surface area contributed by atoms with Crippen molar-refractivity contribution in [2.24, 2.45) is 4.99 Å². The SMILES string of the molecule is O=C1c2ccccc2C(=O)N1c1ccc2nc(Sc3ccc(/C=C4\SC(=Nc5ccccc5)N(C5CCCC5)C4=O)o3)sc2c1. The fourth-order valence-electron chi connectivity index (χ4n) is 5.84. The molecular formula is C34H24N4O4S3. The van der Waals surface area contributed by atoms with Gasteiger partial charge in [0.05, 0.1) is 37.6 Å². The van der Waals surface area contributed by atoms with Gasteiger partial charge in [-0.25, -0.2) is 14.9 Å². The minimum absolute atomic E-state index is 0.0350. The van der Waals surface area contributed by atoms with Crippen molar-refractivity contribution in [3.63, 3.8) is 0 Å². The van der Waals surface area contributed by atoms with Crippen LogP contribution in [0.5, 0.6) is 0 Å². The summed E-state index contributed by atoms with van der Waals surface area (Å²) in [6.45, 7) is 0. The zero-order chi connectivity index (χ0) is 30.5. The summed E-state index contributed by atoms with van der Waals surface area (Å²) in [5.41, 5.74) is 2.93.